The van der Waals surface area contributed by atoms with Crippen molar-refractivity contribution in [3.63, 3.8) is 0 Å². The number of ether oxygens (including phenoxy) is 1. The molecule has 0 saturated heterocycles. The quantitative estimate of drug-likeness (QED) is 0.582. The summed E-state index contributed by atoms with van der Waals surface area (Å²) in [7, 11) is 1.54. The van der Waals surface area contributed by atoms with E-state index >= 15 is 0 Å². The Kier molecular flexibility index (Phi) is 6.29. The predicted molar refractivity (Wildman–Crippen MR) is 100 cm³/mol. The summed E-state index contributed by atoms with van der Waals surface area (Å²) in [6.45, 7) is 1.92. The van der Waals surface area contributed by atoms with E-state index in [0.717, 1.165) is 5.56 Å². The average Bonchev–Trinajstić information content (AvgIpc) is 2.59. The summed E-state index contributed by atoms with van der Waals surface area (Å²) in [5.41, 5.74) is 1.85. The second-order valence-electron chi connectivity index (χ2n) is 5.07. The summed E-state index contributed by atoms with van der Waals surface area (Å²) in [4.78, 5) is 12.3. The Hall–Kier alpha value is -2.68. The first-order valence-corrected chi connectivity index (χ1v) is 7.98. The zero-order valence-electron chi connectivity index (χ0n) is 13.6. The summed E-state index contributed by atoms with van der Waals surface area (Å²) in [5.74, 6) is -0.0109. The fourth-order valence-corrected chi connectivity index (χ4v) is 2.37. The van der Waals surface area contributed by atoms with Gasteiger partial charge in [-0.15, -0.1) is 0 Å². The molecule has 0 saturated carbocycles. The van der Waals surface area contributed by atoms with Crippen molar-refractivity contribution in [3.8, 4) is 11.8 Å². The van der Waals surface area contributed by atoms with Gasteiger partial charge < -0.3 is 15.4 Å². The number of nitriles is 1. The van der Waals surface area contributed by atoms with Gasteiger partial charge in [-0.25, -0.2) is 0 Å². The SMILES string of the molecule is COc1ccc(C)cc1N/C=C(/C#N)C(=O)Nc1cccc(Cl)c1Cl. The number of hydrogen-bond donors (Lipinski definition) is 2. The first kappa shape index (κ1) is 18.7. The van der Waals surface area contributed by atoms with Crippen molar-refractivity contribution in [1.82, 2.24) is 0 Å². The normalized spacial score (nSPS) is 10.8. The largest absolute Gasteiger partial charge is 0.495 e. The Bertz CT molecular complexity index is 873. The molecule has 2 aromatic carbocycles. The Morgan fingerprint density at radius 1 is 1.24 bits per heavy atom. The number of benzene rings is 2. The molecule has 0 aliphatic carbocycles. The van der Waals surface area contributed by atoms with Crippen LogP contribution < -0.4 is 15.4 Å². The van der Waals surface area contributed by atoms with E-state index in [0.29, 0.717) is 22.1 Å². The molecule has 1 amide bonds. The minimum Gasteiger partial charge on any atom is -0.495 e. The molecule has 0 aromatic heterocycles. The van der Waals surface area contributed by atoms with Crippen LogP contribution in [0.2, 0.25) is 10.0 Å². The van der Waals surface area contributed by atoms with Gasteiger partial charge in [-0.1, -0.05) is 35.3 Å². The predicted octanol–water partition coefficient (Wildman–Crippen LogP) is 4.77. The molecule has 0 spiro atoms. The molecular formula is C18H15Cl2N3O2. The number of amides is 1. The van der Waals surface area contributed by atoms with Gasteiger partial charge in [0, 0.05) is 6.20 Å². The number of aryl methyl sites for hydroxylation is 1. The van der Waals surface area contributed by atoms with E-state index < -0.39 is 5.91 Å². The van der Waals surface area contributed by atoms with Gasteiger partial charge >= 0.3 is 0 Å². The standard InChI is InChI=1S/C18H15Cl2N3O2/c1-11-6-7-16(25-2)15(8-11)22-10-12(9-21)18(24)23-14-5-3-4-13(19)17(14)20/h3-8,10,22H,1-2H3,(H,23,24)/b12-10-. The van der Waals surface area contributed by atoms with Gasteiger partial charge in [0.2, 0.25) is 0 Å². The lowest BCUT2D eigenvalue weighted by Crippen LogP contribution is -2.15. The maximum Gasteiger partial charge on any atom is 0.267 e. The van der Waals surface area contributed by atoms with Crippen molar-refractivity contribution in [3.05, 3.63) is 63.8 Å². The van der Waals surface area contributed by atoms with E-state index in [2.05, 4.69) is 10.6 Å². The summed E-state index contributed by atoms with van der Waals surface area (Å²) < 4.78 is 5.24. The van der Waals surface area contributed by atoms with Crippen LogP contribution >= 0.6 is 23.2 Å². The van der Waals surface area contributed by atoms with Crippen LogP contribution in [0.1, 0.15) is 5.56 Å². The van der Waals surface area contributed by atoms with Gasteiger partial charge in [-0.2, -0.15) is 5.26 Å². The molecule has 7 heteroatoms. The third kappa shape index (κ3) is 4.66. The minimum absolute atomic E-state index is 0.125. The van der Waals surface area contributed by atoms with Crippen molar-refractivity contribution in [2.45, 2.75) is 6.92 Å². The van der Waals surface area contributed by atoms with Crippen molar-refractivity contribution in [2.75, 3.05) is 17.7 Å². The number of halogens is 2. The fraction of sp³-hybridized carbons (Fsp3) is 0.111. The van der Waals surface area contributed by atoms with Gasteiger partial charge in [0.25, 0.3) is 5.91 Å². The number of anilines is 2. The maximum atomic E-state index is 12.3. The van der Waals surface area contributed by atoms with Crippen LogP contribution in [0.25, 0.3) is 0 Å². The molecule has 0 radical (unpaired) electrons. The van der Waals surface area contributed by atoms with Crippen molar-refractivity contribution in [1.29, 1.82) is 5.26 Å². The smallest absolute Gasteiger partial charge is 0.267 e. The number of carbonyl (C=O) groups excluding carboxylic acids is 1. The molecule has 25 heavy (non-hydrogen) atoms. The van der Waals surface area contributed by atoms with Crippen LogP contribution in [0.4, 0.5) is 11.4 Å². The molecule has 0 unspecified atom stereocenters. The van der Waals surface area contributed by atoms with Gasteiger partial charge in [0.1, 0.15) is 17.4 Å². The second-order valence-corrected chi connectivity index (χ2v) is 5.86. The molecule has 5 nitrogen and oxygen atoms in total. The molecule has 0 aliphatic heterocycles. The van der Waals surface area contributed by atoms with E-state index in [1.165, 1.54) is 6.20 Å². The van der Waals surface area contributed by atoms with Gasteiger partial charge in [0.15, 0.2) is 0 Å². The van der Waals surface area contributed by atoms with Crippen molar-refractivity contribution < 1.29 is 9.53 Å². The number of methoxy groups -OCH3 is 1. The highest BCUT2D eigenvalue weighted by Gasteiger charge is 2.13. The molecule has 128 valence electrons. The first-order valence-electron chi connectivity index (χ1n) is 7.23. The van der Waals surface area contributed by atoms with Crippen LogP contribution in [-0.2, 0) is 4.79 Å². The van der Waals surface area contributed by atoms with E-state index in [4.69, 9.17) is 27.9 Å². The fourth-order valence-electron chi connectivity index (χ4n) is 2.02. The van der Waals surface area contributed by atoms with Crippen molar-refractivity contribution in [2.24, 2.45) is 0 Å². The summed E-state index contributed by atoms with van der Waals surface area (Å²) in [6.07, 6.45) is 1.31. The minimum atomic E-state index is -0.606. The van der Waals surface area contributed by atoms with Gasteiger partial charge in [-0.05, 0) is 36.8 Å². The lowest BCUT2D eigenvalue weighted by atomic mass is 10.2. The Morgan fingerprint density at radius 3 is 2.68 bits per heavy atom. The number of nitrogens with zero attached hydrogens (tertiary/aromatic N) is 1. The summed E-state index contributed by atoms with van der Waals surface area (Å²) in [5, 5.41) is 15.2. The summed E-state index contributed by atoms with van der Waals surface area (Å²) >= 11 is 11.9. The third-order valence-electron chi connectivity index (χ3n) is 3.29. The Balaban J connectivity index is 2.20. The van der Waals surface area contributed by atoms with Crippen molar-refractivity contribution >= 4 is 40.5 Å². The zero-order valence-corrected chi connectivity index (χ0v) is 15.1. The lowest BCUT2D eigenvalue weighted by Gasteiger charge is -2.10. The van der Waals surface area contributed by atoms with Gasteiger partial charge in [0.05, 0.1) is 28.5 Å². The van der Waals surface area contributed by atoms with Gasteiger partial charge in [-0.3, -0.25) is 4.79 Å². The molecule has 0 heterocycles. The molecule has 2 aromatic rings. The zero-order chi connectivity index (χ0) is 18.4. The highest BCUT2D eigenvalue weighted by molar-refractivity contribution is 6.44. The maximum absolute atomic E-state index is 12.3. The molecule has 2 rings (SSSR count). The van der Waals surface area contributed by atoms with E-state index in [1.54, 1.807) is 31.4 Å². The van der Waals surface area contributed by atoms with Crippen LogP contribution in [0.15, 0.2) is 48.2 Å². The first-order chi connectivity index (χ1) is 12.0. The monoisotopic (exact) mass is 375 g/mol. The highest BCUT2D eigenvalue weighted by atomic mass is 35.5. The number of nitrogens with one attached hydrogen (secondary N) is 2. The van der Waals surface area contributed by atoms with E-state index in [-0.39, 0.29) is 10.6 Å². The van der Waals surface area contributed by atoms with Crippen LogP contribution in [0.5, 0.6) is 5.75 Å². The topological polar surface area (TPSA) is 74.1 Å². The lowest BCUT2D eigenvalue weighted by molar-refractivity contribution is -0.112. The average molecular weight is 376 g/mol. The number of hydrogen-bond acceptors (Lipinski definition) is 4. The van der Waals surface area contributed by atoms with Crippen LogP contribution in [-0.4, -0.2) is 13.0 Å². The molecule has 0 aliphatic rings. The molecule has 2 N–H and O–H groups in total. The Labute approximate surface area is 155 Å². The van der Waals surface area contributed by atoms with E-state index in [1.807, 2.05) is 25.1 Å². The number of rotatable bonds is 5. The highest BCUT2D eigenvalue weighted by Crippen LogP contribution is 2.30. The summed E-state index contributed by atoms with van der Waals surface area (Å²) in [6, 6.07) is 12.2. The molecule has 0 atom stereocenters. The molecule has 0 fully saturated rings. The third-order valence-corrected chi connectivity index (χ3v) is 4.11. The van der Waals surface area contributed by atoms with Crippen LogP contribution in [0.3, 0.4) is 0 Å². The Morgan fingerprint density at radius 2 is 2.00 bits per heavy atom. The molecule has 0 bridgehead atoms. The van der Waals surface area contributed by atoms with E-state index in [9.17, 15) is 10.1 Å². The number of carbonyl (C=O) groups is 1. The second kappa shape index (κ2) is 8.43. The molecular weight excluding hydrogens is 361 g/mol. The van der Waals surface area contributed by atoms with Crippen LogP contribution in [0, 0.1) is 18.3 Å².